The quantitative estimate of drug-likeness (QED) is 0.571. The minimum absolute atomic E-state index is 0. The summed E-state index contributed by atoms with van der Waals surface area (Å²) in [5, 5.41) is 3.32. The molecule has 1 fully saturated rings. The third-order valence-corrected chi connectivity index (χ3v) is 1.81. The fourth-order valence-electron chi connectivity index (χ4n) is 1.26. The molecule has 0 aliphatic carbocycles. The summed E-state index contributed by atoms with van der Waals surface area (Å²) in [6, 6.07) is 0. The molecule has 10 heavy (non-hydrogen) atoms. The van der Waals surface area contributed by atoms with Gasteiger partial charge < -0.3 is 5.32 Å². The van der Waals surface area contributed by atoms with Crippen molar-refractivity contribution in [2.75, 3.05) is 13.1 Å². The van der Waals surface area contributed by atoms with E-state index in [9.17, 15) is 0 Å². The Kier molecular flexibility index (Phi) is 5.48. The fraction of sp³-hybridized carbons (Fsp3) is 0.750. The van der Waals surface area contributed by atoms with Crippen LogP contribution >= 0.6 is 12.4 Å². The van der Waals surface area contributed by atoms with E-state index in [1.807, 2.05) is 0 Å². The maximum Gasteiger partial charge on any atom is 0.0126 e. The minimum Gasteiger partial charge on any atom is -0.316 e. The minimum atomic E-state index is 0. The lowest BCUT2D eigenvalue weighted by Gasteiger charge is -2.20. The molecule has 0 aromatic heterocycles. The van der Waals surface area contributed by atoms with Crippen molar-refractivity contribution in [1.82, 2.24) is 5.32 Å². The summed E-state index contributed by atoms with van der Waals surface area (Å²) in [6.07, 6.45) is 8.75. The molecule has 1 N–H and O–H groups in total. The van der Waals surface area contributed by atoms with Crippen LogP contribution in [-0.2, 0) is 0 Å². The molecule has 0 saturated carbocycles. The van der Waals surface area contributed by atoms with Gasteiger partial charge in [-0.3, -0.25) is 0 Å². The van der Waals surface area contributed by atoms with Crippen molar-refractivity contribution < 1.29 is 0 Å². The van der Waals surface area contributed by atoms with E-state index in [1.54, 1.807) is 0 Å². The molecule has 0 unspecified atom stereocenters. The van der Waals surface area contributed by atoms with Crippen LogP contribution in [0.1, 0.15) is 19.3 Å². The smallest absolute Gasteiger partial charge is 0.0126 e. The van der Waals surface area contributed by atoms with Crippen LogP contribution in [0, 0.1) is 18.3 Å². The van der Waals surface area contributed by atoms with Crippen LogP contribution in [0.15, 0.2) is 0 Å². The van der Waals surface area contributed by atoms with Gasteiger partial charge in [-0.25, -0.2) is 0 Å². The van der Waals surface area contributed by atoms with Gasteiger partial charge in [0.2, 0.25) is 0 Å². The highest BCUT2D eigenvalue weighted by Gasteiger charge is 2.10. The summed E-state index contributed by atoms with van der Waals surface area (Å²) >= 11 is 0. The van der Waals surface area contributed by atoms with Crippen molar-refractivity contribution in [3.63, 3.8) is 0 Å². The van der Waals surface area contributed by atoms with E-state index in [0.717, 1.165) is 18.9 Å². The molecule has 1 rings (SSSR count). The number of piperidine rings is 1. The molecule has 0 aromatic rings. The topological polar surface area (TPSA) is 12.0 Å². The van der Waals surface area contributed by atoms with E-state index < -0.39 is 0 Å². The van der Waals surface area contributed by atoms with Gasteiger partial charge in [0, 0.05) is 6.42 Å². The van der Waals surface area contributed by atoms with Gasteiger partial charge in [-0.15, -0.1) is 24.8 Å². The summed E-state index contributed by atoms with van der Waals surface area (Å²) in [7, 11) is 0. The molecule has 0 aromatic carbocycles. The Bertz CT molecular complexity index is 111. The van der Waals surface area contributed by atoms with Gasteiger partial charge in [0.15, 0.2) is 0 Å². The van der Waals surface area contributed by atoms with Crippen LogP contribution in [-0.4, -0.2) is 13.1 Å². The zero-order chi connectivity index (χ0) is 6.53. The van der Waals surface area contributed by atoms with Crippen molar-refractivity contribution in [1.29, 1.82) is 0 Å². The summed E-state index contributed by atoms with van der Waals surface area (Å²) in [4.78, 5) is 0. The maximum absolute atomic E-state index is 5.18. The molecule has 0 bridgehead atoms. The van der Waals surface area contributed by atoms with E-state index in [-0.39, 0.29) is 12.4 Å². The van der Waals surface area contributed by atoms with Gasteiger partial charge in [0.05, 0.1) is 0 Å². The fourth-order valence-corrected chi connectivity index (χ4v) is 1.26. The van der Waals surface area contributed by atoms with Crippen molar-refractivity contribution in [2.45, 2.75) is 19.3 Å². The molecule has 1 aliphatic heterocycles. The van der Waals surface area contributed by atoms with E-state index in [2.05, 4.69) is 11.2 Å². The van der Waals surface area contributed by atoms with Gasteiger partial charge in [-0.2, -0.15) is 0 Å². The molecule has 1 saturated heterocycles. The number of hydrogen-bond donors (Lipinski definition) is 1. The number of rotatable bonds is 1. The molecule has 2 heteroatoms. The van der Waals surface area contributed by atoms with E-state index in [0.29, 0.717) is 0 Å². The number of nitrogens with one attached hydrogen (secondary N) is 1. The molecule has 1 atom stereocenters. The predicted octanol–water partition coefficient (Wildman–Crippen LogP) is 1.43. The van der Waals surface area contributed by atoms with Crippen molar-refractivity contribution in [3.05, 3.63) is 0 Å². The Morgan fingerprint density at radius 1 is 1.60 bits per heavy atom. The van der Waals surface area contributed by atoms with Gasteiger partial charge in [0.25, 0.3) is 0 Å². The Morgan fingerprint density at radius 2 is 2.40 bits per heavy atom. The zero-order valence-electron chi connectivity index (χ0n) is 6.10. The molecule has 1 heterocycles. The third kappa shape index (κ3) is 3.10. The second-order valence-corrected chi connectivity index (χ2v) is 2.62. The highest BCUT2D eigenvalue weighted by Crippen LogP contribution is 2.12. The van der Waals surface area contributed by atoms with E-state index >= 15 is 0 Å². The summed E-state index contributed by atoms with van der Waals surface area (Å²) in [5.74, 6) is 3.45. The second-order valence-electron chi connectivity index (χ2n) is 2.62. The molecule has 0 amide bonds. The highest BCUT2D eigenvalue weighted by molar-refractivity contribution is 5.85. The van der Waals surface area contributed by atoms with Crippen LogP contribution in [0.2, 0.25) is 0 Å². The Morgan fingerprint density at radius 3 is 2.90 bits per heavy atom. The highest BCUT2D eigenvalue weighted by atomic mass is 35.5. The average Bonchev–Trinajstić information content (AvgIpc) is 1.91. The SMILES string of the molecule is C#CC[C@@H]1CCCNC1.Cl. The number of halogens is 1. The summed E-state index contributed by atoms with van der Waals surface area (Å²) in [5.41, 5.74) is 0. The number of terminal acetylenes is 1. The van der Waals surface area contributed by atoms with Crippen LogP contribution in [0.3, 0.4) is 0 Å². The molecule has 0 radical (unpaired) electrons. The molecule has 1 nitrogen and oxygen atoms in total. The first kappa shape index (κ1) is 9.81. The first-order chi connectivity index (χ1) is 4.43. The lowest BCUT2D eigenvalue weighted by Crippen LogP contribution is -2.29. The van der Waals surface area contributed by atoms with Crippen LogP contribution in [0.25, 0.3) is 0 Å². The average molecular weight is 160 g/mol. The second kappa shape index (κ2) is 5.58. The summed E-state index contributed by atoms with van der Waals surface area (Å²) in [6.45, 7) is 2.31. The van der Waals surface area contributed by atoms with Crippen LogP contribution in [0.5, 0.6) is 0 Å². The first-order valence-electron chi connectivity index (χ1n) is 3.57. The van der Waals surface area contributed by atoms with Crippen LogP contribution < -0.4 is 5.32 Å². The van der Waals surface area contributed by atoms with Crippen molar-refractivity contribution in [3.8, 4) is 12.3 Å². The lowest BCUT2D eigenvalue weighted by atomic mass is 9.97. The Hall–Kier alpha value is -0.190. The maximum atomic E-state index is 5.18. The molecule has 0 spiro atoms. The van der Waals surface area contributed by atoms with Gasteiger partial charge >= 0.3 is 0 Å². The first-order valence-corrected chi connectivity index (χ1v) is 3.57. The van der Waals surface area contributed by atoms with Gasteiger partial charge in [-0.05, 0) is 31.8 Å². The lowest BCUT2D eigenvalue weighted by molar-refractivity contribution is 0.384. The number of hydrogen-bond acceptors (Lipinski definition) is 1. The van der Waals surface area contributed by atoms with Crippen molar-refractivity contribution in [2.24, 2.45) is 5.92 Å². The standard InChI is InChI=1S/C8H13N.ClH/c1-2-4-8-5-3-6-9-7-8;/h1,8-9H,3-7H2;1H/t8-;/m1./s1. The normalized spacial score (nSPS) is 24.5. The van der Waals surface area contributed by atoms with Gasteiger partial charge in [0.1, 0.15) is 0 Å². The third-order valence-electron chi connectivity index (χ3n) is 1.81. The largest absolute Gasteiger partial charge is 0.316 e. The summed E-state index contributed by atoms with van der Waals surface area (Å²) < 4.78 is 0. The van der Waals surface area contributed by atoms with Crippen LogP contribution in [0.4, 0.5) is 0 Å². The predicted molar refractivity (Wildman–Crippen MR) is 46.3 cm³/mol. The van der Waals surface area contributed by atoms with Crippen molar-refractivity contribution >= 4 is 12.4 Å². The molecule has 58 valence electrons. The molecular weight excluding hydrogens is 146 g/mol. The Balaban J connectivity index is 0.000000810. The van der Waals surface area contributed by atoms with Gasteiger partial charge in [-0.1, -0.05) is 0 Å². The van der Waals surface area contributed by atoms with E-state index in [4.69, 9.17) is 6.42 Å². The molecular formula is C8H14ClN. The monoisotopic (exact) mass is 159 g/mol. The van der Waals surface area contributed by atoms with E-state index in [1.165, 1.54) is 19.4 Å². The Labute approximate surface area is 69.0 Å². The zero-order valence-corrected chi connectivity index (χ0v) is 6.91. The molecule has 1 aliphatic rings.